The predicted octanol–water partition coefficient (Wildman–Crippen LogP) is 4.39. The molecule has 1 aliphatic heterocycles. The highest BCUT2D eigenvalue weighted by Crippen LogP contribution is 2.33. The van der Waals surface area contributed by atoms with Crippen molar-refractivity contribution >= 4 is 21.6 Å². The molecule has 1 atom stereocenters. The topological polar surface area (TPSA) is 30.5 Å². The first-order valence-corrected chi connectivity index (χ1v) is 7.43. The number of rotatable bonds is 3. The number of anilines is 1. The predicted molar refractivity (Wildman–Crippen MR) is 83.6 cm³/mol. The smallest absolute Gasteiger partial charge is 0.161 e. The lowest BCUT2D eigenvalue weighted by atomic mass is 10.1. The molecule has 1 aliphatic rings. The van der Waals surface area contributed by atoms with E-state index in [0.717, 1.165) is 21.7 Å². The van der Waals surface area contributed by atoms with Crippen LogP contribution in [-0.4, -0.2) is 13.2 Å². The van der Waals surface area contributed by atoms with Crippen molar-refractivity contribution in [3.05, 3.63) is 52.5 Å². The Kier molecular flexibility index (Phi) is 3.83. The van der Waals surface area contributed by atoms with Crippen molar-refractivity contribution in [2.45, 2.75) is 13.0 Å². The van der Waals surface area contributed by atoms with Gasteiger partial charge in [-0.05, 0) is 48.9 Å². The van der Waals surface area contributed by atoms with Crippen LogP contribution in [0.5, 0.6) is 11.5 Å². The van der Waals surface area contributed by atoms with Crippen molar-refractivity contribution in [2.24, 2.45) is 0 Å². The molecule has 3 rings (SSSR count). The Morgan fingerprint density at radius 1 is 1.00 bits per heavy atom. The van der Waals surface area contributed by atoms with Crippen LogP contribution >= 0.6 is 15.9 Å². The molecule has 0 radical (unpaired) electrons. The summed E-state index contributed by atoms with van der Waals surface area (Å²) in [6.45, 7) is 3.37. The van der Waals surface area contributed by atoms with Crippen molar-refractivity contribution in [3.63, 3.8) is 0 Å². The molecule has 0 amide bonds. The van der Waals surface area contributed by atoms with Gasteiger partial charge in [0, 0.05) is 16.2 Å². The maximum absolute atomic E-state index is 5.62. The molecule has 0 saturated heterocycles. The van der Waals surface area contributed by atoms with E-state index in [2.05, 4.69) is 46.4 Å². The van der Waals surface area contributed by atoms with Crippen LogP contribution in [-0.2, 0) is 0 Å². The first-order chi connectivity index (χ1) is 9.72. The molecule has 2 aromatic rings. The average molecular weight is 334 g/mol. The molecular formula is C16H16BrNO2. The zero-order valence-corrected chi connectivity index (χ0v) is 12.8. The molecule has 4 heteroatoms. The van der Waals surface area contributed by atoms with Crippen LogP contribution in [0.3, 0.4) is 0 Å². The minimum Gasteiger partial charge on any atom is -0.486 e. The van der Waals surface area contributed by atoms with Gasteiger partial charge in [-0.2, -0.15) is 0 Å². The van der Waals surface area contributed by atoms with E-state index in [1.807, 2.05) is 24.3 Å². The van der Waals surface area contributed by atoms with Crippen LogP contribution in [0.25, 0.3) is 0 Å². The summed E-state index contributed by atoms with van der Waals surface area (Å²) in [5.41, 5.74) is 2.27. The second-order valence-electron chi connectivity index (χ2n) is 4.78. The summed E-state index contributed by atoms with van der Waals surface area (Å²) < 4.78 is 12.2. The molecule has 104 valence electrons. The molecular weight excluding hydrogens is 318 g/mol. The Balaban J connectivity index is 1.76. The first kappa shape index (κ1) is 13.3. The van der Waals surface area contributed by atoms with Gasteiger partial charge in [-0.1, -0.05) is 22.0 Å². The Bertz CT molecular complexity index is 598. The minimum absolute atomic E-state index is 0.201. The fourth-order valence-electron chi connectivity index (χ4n) is 2.21. The van der Waals surface area contributed by atoms with Gasteiger partial charge in [0.2, 0.25) is 0 Å². The van der Waals surface area contributed by atoms with E-state index in [1.54, 1.807) is 0 Å². The Hall–Kier alpha value is -1.68. The number of ether oxygens (including phenoxy) is 2. The van der Waals surface area contributed by atoms with Gasteiger partial charge < -0.3 is 14.8 Å². The lowest BCUT2D eigenvalue weighted by Gasteiger charge is -2.21. The van der Waals surface area contributed by atoms with Crippen LogP contribution in [0.2, 0.25) is 0 Å². The van der Waals surface area contributed by atoms with E-state index in [-0.39, 0.29) is 6.04 Å². The van der Waals surface area contributed by atoms with Crippen molar-refractivity contribution in [1.29, 1.82) is 0 Å². The van der Waals surface area contributed by atoms with E-state index >= 15 is 0 Å². The third kappa shape index (κ3) is 2.90. The quantitative estimate of drug-likeness (QED) is 0.903. The summed E-state index contributed by atoms with van der Waals surface area (Å²) in [5.74, 6) is 1.66. The van der Waals surface area contributed by atoms with E-state index in [1.165, 1.54) is 5.56 Å². The number of hydrogen-bond donors (Lipinski definition) is 1. The second-order valence-corrected chi connectivity index (χ2v) is 5.69. The standard InChI is InChI=1S/C16H16BrNO2/c1-11(18-14-5-3-13(17)4-6-14)12-2-7-15-16(10-12)20-9-8-19-15/h2-7,10-11,18H,8-9H2,1H3. The van der Waals surface area contributed by atoms with E-state index in [0.29, 0.717) is 13.2 Å². The lowest BCUT2D eigenvalue weighted by Crippen LogP contribution is -2.16. The monoisotopic (exact) mass is 333 g/mol. The van der Waals surface area contributed by atoms with Crippen molar-refractivity contribution in [1.82, 2.24) is 0 Å². The zero-order valence-electron chi connectivity index (χ0n) is 11.2. The van der Waals surface area contributed by atoms with E-state index in [4.69, 9.17) is 9.47 Å². The summed E-state index contributed by atoms with van der Waals surface area (Å²) in [5, 5.41) is 3.47. The summed E-state index contributed by atoms with van der Waals surface area (Å²) in [7, 11) is 0. The minimum atomic E-state index is 0.201. The summed E-state index contributed by atoms with van der Waals surface area (Å²) >= 11 is 3.44. The molecule has 0 bridgehead atoms. The third-order valence-electron chi connectivity index (χ3n) is 3.29. The van der Waals surface area contributed by atoms with Gasteiger partial charge in [0.15, 0.2) is 11.5 Å². The molecule has 2 aromatic carbocycles. The lowest BCUT2D eigenvalue weighted by molar-refractivity contribution is 0.171. The highest BCUT2D eigenvalue weighted by atomic mass is 79.9. The molecule has 1 N–H and O–H groups in total. The second kappa shape index (κ2) is 5.75. The van der Waals surface area contributed by atoms with Gasteiger partial charge in [-0.25, -0.2) is 0 Å². The fourth-order valence-corrected chi connectivity index (χ4v) is 2.47. The van der Waals surface area contributed by atoms with Crippen molar-refractivity contribution in [3.8, 4) is 11.5 Å². The number of fused-ring (bicyclic) bond motifs is 1. The van der Waals surface area contributed by atoms with Crippen LogP contribution < -0.4 is 14.8 Å². The Morgan fingerprint density at radius 3 is 2.45 bits per heavy atom. The van der Waals surface area contributed by atoms with Gasteiger partial charge in [0.1, 0.15) is 13.2 Å². The maximum atomic E-state index is 5.62. The highest BCUT2D eigenvalue weighted by Gasteiger charge is 2.14. The number of halogens is 1. The zero-order chi connectivity index (χ0) is 13.9. The van der Waals surface area contributed by atoms with Crippen LogP contribution in [0, 0.1) is 0 Å². The summed E-state index contributed by atoms with van der Waals surface area (Å²) in [4.78, 5) is 0. The number of benzene rings is 2. The summed E-state index contributed by atoms with van der Waals surface area (Å²) in [6.07, 6.45) is 0. The molecule has 0 fully saturated rings. The van der Waals surface area contributed by atoms with Crippen LogP contribution in [0.4, 0.5) is 5.69 Å². The molecule has 0 aliphatic carbocycles. The van der Waals surface area contributed by atoms with Gasteiger partial charge >= 0.3 is 0 Å². The van der Waals surface area contributed by atoms with Crippen LogP contribution in [0.15, 0.2) is 46.9 Å². The number of hydrogen-bond acceptors (Lipinski definition) is 3. The van der Waals surface area contributed by atoms with Crippen molar-refractivity contribution in [2.75, 3.05) is 18.5 Å². The third-order valence-corrected chi connectivity index (χ3v) is 3.82. The van der Waals surface area contributed by atoms with Gasteiger partial charge in [-0.3, -0.25) is 0 Å². The molecule has 1 heterocycles. The normalized spacial score (nSPS) is 14.7. The average Bonchev–Trinajstić information content (AvgIpc) is 2.49. The van der Waals surface area contributed by atoms with E-state index in [9.17, 15) is 0 Å². The van der Waals surface area contributed by atoms with Crippen LogP contribution in [0.1, 0.15) is 18.5 Å². The molecule has 3 nitrogen and oxygen atoms in total. The molecule has 0 aromatic heterocycles. The number of nitrogens with one attached hydrogen (secondary N) is 1. The molecule has 1 unspecified atom stereocenters. The maximum Gasteiger partial charge on any atom is 0.161 e. The fraction of sp³-hybridized carbons (Fsp3) is 0.250. The van der Waals surface area contributed by atoms with Gasteiger partial charge in [-0.15, -0.1) is 0 Å². The molecule has 0 saturated carbocycles. The van der Waals surface area contributed by atoms with Crippen molar-refractivity contribution < 1.29 is 9.47 Å². The largest absolute Gasteiger partial charge is 0.486 e. The molecule has 0 spiro atoms. The van der Waals surface area contributed by atoms with Gasteiger partial charge in [0.05, 0.1) is 0 Å². The van der Waals surface area contributed by atoms with Gasteiger partial charge in [0.25, 0.3) is 0 Å². The highest BCUT2D eigenvalue weighted by molar-refractivity contribution is 9.10. The SMILES string of the molecule is CC(Nc1ccc(Br)cc1)c1ccc2c(c1)OCCO2. The first-order valence-electron chi connectivity index (χ1n) is 6.64. The molecule has 20 heavy (non-hydrogen) atoms. The Morgan fingerprint density at radius 2 is 1.70 bits per heavy atom. The summed E-state index contributed by atoms with van der Waals surface area (Å²) in [6, 6.07) is 14.5. The van der Waals surface area contributed by atoms with E-state index < -0.39 is 0 Å². The Labute approximate surface area is 127 Å².